The standard InChI is InChI=1S/C12H15ClN2O3/c13-11-6-5-9(7-12(11)15(16)17)8-14-18-10-3-1-2-4-10/h5-7,10,14H,1-4,8H2. The quantitative estimate of drug-likeness (QED) is 0.659. The van der Waals surface area contributed by atoms with Gasteiger partial charge in [0.2, 0.25) is 0 Å². The zero-order valence-electron chi connectivity index (χ0n) is 9.89. The van der Waals surface area contributed by atoms with Gasteiger partial charge >= 0.3 is 0 Å². The molecule has 1 saturated carbocycles. The van der Waals surface area contributed by atoms with Crippen LogP contribution in [0.15, 0.2) is 18.2 Å². The first kappa shape index (κ1) is 13.3. The normalized spacial score (nSPS) is 16.1. The number of benzene rings is 1. The van der Waals surface area contributed by atoms with Gasteiger partial charge in [0, 0.05) is 12.6 Å². The highest BCUT2D eigenvalue weighted by molar-refractivity contribution is 6.32. The van der Waals surface area contributed by atoms with Crippen molar-refractivity contribution in [2.24, 2.45) is 0 Å². The second-order valence-electron chi connectivity index (χ2n) is 4.39. The van der Waals surface area contributed by atoms with Crippen LogP contribution < -0.4 is 5.48 Å². The topological polar surface area (TPSA) is 64.4 Å². The van der Waals surface area contributed by atoms with E-state index in [1.165, 1.54) is 25.0 Å². The zero-order valence-corrected chi connectivity index (χ0v) is 10.7. The summed E-state index contributed by atoms with van der Waals surface area (Å²) in [7, 11) is 0. The van der Waals surface area contributed by atoms with E-state index < -0.39 is 4.92 Å². The van der Waals surface area contributed by atoms with Gasteiger partial charge in [0.15, 0.2) is 0 Å². The second-order valence-corrected chi connectivity index (χ2v) is 4.80. The van der Waals surface area contributed by atoms with Gasteiger partial charge in [0.05, 0.1) is 11.0 Å². The van der Waals surface area contributed by atoms with Crippen molar-refractivity contribution in [1.82, 2.24) is 5.48 Å². The van der Waals surface area contributed by atoms with E-state index in [1.807, 2.05) is 0 Å². The molecule has 1 aliphatic carbocycles. The number of hydroxylamine groups is 1. The molecule has 0 unspecified atom stereocenters. The van der Waals surface area contributed by atoms with E-state index in [1.54, 1.807) is 6.07 Å². The lowest BCUT2D eigenvalue weighted by Gasteiger charge is -2.11. The molecule has 1 N–H and O–H groups in total. The van der Waals surface area contributed by atoms with Crippen molar-refractivity contribution in [2.45, 2.75) is 38.3 Å². The van der Waals surface area contributed by atoms with E-state index in [0.717, 1.165) is 18.4 Å². The number of rotatable bonds is 5. The molecule has 0 heterocycles. The van der Waals surface area contributed by atoms with Crippen molar-refractivity contribution in [3.63, 3.8) is 0 Å². The van der Waals surface area contributed by atoms with E-state index in [4.69, 9.17) is 16.4 Å². The molecule has 18 heavy (non-hydrogen) atoms. The van der Waals surface area contributed by atoms with Crippen LogP contribution >= 0.6 is 11.6 Å². The minimum absolute atomic E-state index is 0.0724. The van der Waals surface area contributed by atoms with Gasteiger partial charge in [-0.1, -0.05) is 30.5 Å². The summed E-state index contributed by atoms with van der Waals surface area (Å²) in [6, 6.07) is 4.75. The largest absolute Gasteiger partial charge is 0.298 e. The maximum absolute atomic E-state index is 10.7. The number of hydrogen-bond acceptors (Lipinski definition) is 4. The van der Waals surface area contributed by atoms with E-state index in [9.17, 15) is 10.1 Å². The molecule has 2 rings (SSSR count). The van der Waals surface area contributed by atoms with Gasteiger partial charge in [0.25, 0.3) is 5.69 Å². The van der Waals surface area contributed by atoms with E-state index in [0.29, 0.717) is 6.54 Å². The molecule has 0 aromatic heterocycles. The number of nitrogens with one attached hydrogen (secondary N) is 1. The highest BCUT2D eigenvalue weighted by Crippen LogP contribution is 2.25. The third-order valence-corrected chi connectivity index (χ3v) is 3.36. The molecule has 0 saturated heterocycles. The Balaban J connectivity index is 1.88. The van der Waals surface area contributed by atoms with Crippen LogP contribution in [0.2, 0.25) is 5.02 Å². The molecule has 0 spiro atoms. The minimum atomic E-state index is -0.482. The number of nitro benzene ring substituents is 1. The first-order chi connectivity index (χ1) is 8.66. The van der Waals surface area contributed by atoms with Crippen LogP contribution in [0.3, 0.4) is 0 Å². The highest BCUT2D eigenvalue weighted by Gasteiger charge is 2.16. The molecule has 0 aliphatic heterocycles. The number of nitrogens with zero attached hydrogens (tertiary/aromatic N) is 1. The van der Waals surface area contributed by atoms with Gasteiger partial charge in [-0.05, 0) is 24.5 Å². The lowest BCUT2D eigenvalue weighted by molar-refractivity contribution is -0.384. The first-order valence-corrected chi connectivity index (χ1v) is 6.36. The Hall–Kier alpha value is -1.17. The summed E-state index contributed by atoms with van der Waals surface area (Å²) in [6.45, 7) is 0.439. The molecule has 1 aliphatic rings. The average molecular weight is 271 g/mol. The van der Waals surface area contributed by atoms with Crippen LogP contribution in [-0.2, 0) is 11.4 Å². The molecule has 6 heteroatoms. The Morgan fingerprint density at radius 2 is 2.17 bits per heavy atom. The summed E-state index contributed by atoms with van der Waals surface area (Å²) in [6.07, 6.45) is 4.84. The van der Waals surface area contributed by atoms with Crippen LogP contribution in [0.25, 0.3) is 0 Å². The molecular formula is C12H15ClN2O3. The molecule has 0 amide bonds. The predicted molar refractivity (Wildman–Crippen MR) is 68.3 cm³/mol. The van der Waals surface area contributed by atoms with Crippen LogP contribution in [0.5, 0.6) is 0 Å². The van der Waals surface area contributed by atoms with E-state index >= 15 is 0 Å². The van der Waals surface area contributed by atoms with Gasteiger partial charge in [-0.15, -0.1) is 0 Å². The van der Waals surface area contributed by atoms with Gasteiger partial charge in [-0.25, -0.2) is 0 Å². The molecule has 0 bridgehead atoms. The molecule has 0 radical (unpaired) electrons. The van der Waals surface area contributed by atoms with Crippen molar-refractivity contribution in [1.29, 1.82) is 0 Å². The summed E-state index contributed by atoms with van der Waals surface area (Å²) < 4.78 is 0. The molecular weight excluding hydrogens is 256 g/mol. The summed E-state index contributed by atoms with van der Waals surface area (Å²) >= 11 is 5.74. The molecule has 98 valence electrons. The zero-order chi connectivity index (χ0) is 13.0. The van der Waals surface area contributed by atoms with Gasteiger partial charge in [-0.3, -0.25) is 15.0 Å². The first-order valence-electron chi connectivity index (χ1n) is 5.98. The Bertz CT molecular complexity index is 433. The lowest BCUT2D eigenvalue weighted by atomic mass is 10.2. The highest BCUT2D eigenvalue weighted by atomic mass is 35.5. The summed E-state index contributed by atoms with van der Waals surface area (Å²) in [5.74, 6) is 0. The Labute approximate surface area is 110 Å². The number of nitro groups is 1. The second kappa shape index (κ2) is 6.13. The Kier molecular flexibility index (Phi) is 4.52. The van der Waals surface area contributed by atoms with Gasteiger partial charge < -0.3 is 0 Å². The fourth-order valence-corrected chi connectivity index (χ4v) is 2.24. The lowest BCUT2D eigenvalue weighted by Crippen LogP contribution is -2.21. The molecule has 1 aromatic rings. The van der Waals surface area contributed by atoms with Crippen molar-refractivity contribution in [3.05, 3.63) is 38.9 Å². The van der Waals surface area contributed by atoms with Crippen LogP contribution in [-0.4, -0.2) is 11.0 Å². The Morgan fingerprint density at radius 1 is 1.44 bits per heavy atom. The fraction of sp³-hybridized carbons (Fsp3) is 0.500. The minimum Gasteiger partial charge on any atom is -0.298 e. The van der Waals surface area contributed by atoms with Crippen molar-refractivity contribution < 1.29 is 9.76 Å². The number of hydrogen-bond donors (Lipinski definition) is 1. The van der Waals surface area contributed by atoms with Crippen LogP contribution in [0, 0.1) is 10.1 Å². The maximum atomic E-state index is 10.7. The fourth-order valence-electron chi connectivity index (χ4n) is 2.06. The van der Waals surface area contributed by atoms with E-state index in [2.05, 4.69) is 5.48 Å². The summed E-state index contributed by atoms with van der Waals surface area (Å²) in [5.41, 5.74) is 3.57. The predicted octanol–water partition coefficient (Wildman–Crippen LogP) is 3.21. The molecule has 1 aromatic carbocycles. The van der Waals surface area contributed by atoms with Gasteiger partial charge in [0.1, 0.15) is 5.02 Å². The molecule has 0 atom stereocenters. The molecule has 1 fully saturated rings. The maximum Gasteiger partial charge on any atom is 0.288 e. The van der Waals surface area contributed by atoms with Crippen molar-refractivity contribution in [3.8, 4) is 0 Å². The summed E-state index contributed by atoms with van der Waals surface area (Å²) in [4.78, 5) is 15.7. The van der Waals surface area contributed by atoms with Crippen molar-refractivity contribution >= 4 is 17.3 Å². The monoisotopic (exact) mass is 270 g/mol. The van der Waals surface area contributed by atoms with Crippen LogP contribution in [0.4, 0.5) is 5.69 Å². The third-order valence-electron chi connectivity index (χ3n) is 3.04. The third kappa shape index (κ3) is 3.41. The van der Waals surface area contributed by atoms with Crippen molar-refractivity contribution in [2.75, 3.05) is 0 Å². The SMILES string of the molecule is O=[N+]([O-])c1cc(CNOC2CCCC2)ccc1Cl. The average Bonchev–Trinajstić information content (AvgIpc) is 2.84. The summed E-state index contributed by atoms with van der Waals surface area (Å²) in [5, 5.41) is 10.9. The number of halogens is 1. The Morgan fingerprint density at radius 3 is 2.83 bits per heavy atom. The van der Waals surface area contributed by atoms with E-state index in [-0.39, 0.29) is 16.8 Å². The molecule has 5 nitrogen and oxygen atoms in total. The van der Waals surface area contributed by atoms with Gasteiger partial charge in [-0.2, -0.15) is 5.48 Å². The smallest absolute Gasteiger partial charge is 0.288 e. The van der Waals surface area contributed by atoms with Crippen LogP contribution in [0.1, 0.15) is 31.2 Å².